The molecule has 16 heavy (non-hydrogen) atoms. The first kappa shape index (κ1) is 13.8. The van der Waals surface area contributed by atoms with E-state index in [0.717, 1.165) is 19.5 Å². The summed E-state index contributed by atoms with van der Waals surface area (Å²) in [5.74, 6) is 0.825. The standard InChI is InChI=1S/C13H24ClNO/c1-4-7-8-9-10-11(12(10)14)13(16)15(5-2)6-3/h10-12H,4-9H2,1-3H3/t10-,11-,12+/m1/s1. The average molecular weight is 246 g/mol. The van der Waals surface area contributed by atoms with Crippen molar-refractivity contribution in [2.45, 2.75) is 51.8 Å². The summed E-state index contributed by atoms with van der Waals surface area (Å²) in [7, 11) is 0. The highest BCUT2D eigenvalue weighted by atomic mass is 35.5. The van der Waals surface area contributed by atoms with Gasteiger partial charge < -0.3 is 4.90 Å². The van der Waals surface area contributed by atoms with Crippen molar-refractivity contribution in [3.05, 3.63) is 0 Å². The van der Waals surface area contributed by atoms with Crippen molar-refractivity contribution in [2.75, 3.05) is 13.1 Å². The predicted molar refractivity (Wildman–Crippen MR) is 68.7 cm³/mol. The quantitative estimate of drug-likeness (QED) is 0.498. The lowest BCUT2D eigenvalue weighted by Gasteiger charge is -2.18. The fourth-order valence-corrected chi connectivity index (χ4v) is 2.86. The fourth-order valence-electron chi connectivity index (χ4n) is 2.37. The molecule has 0 aliphatic heterocycles. The summed E-state index contributed by atoms with van der Waals surface area (Å²) >= 11 is 6.20. The molecule has 0 spiro atoms. The molecular formula is C13H24ClNO. The average Bonchev–Trinajstić information content (AvgIpc) is 2.91. The molecule has 0 N–H and O–H groups in total. The lowest BCUT2D eigenvalue weighted by molar-refractivity contribution is -0.132. The molecule has 3 atom stereocenters. The minimum absolute atomic E-state index is 0.102. The number of hydrogen-bond acceptors (Lipinski definition) is 1. The van der Waals surface area contributed by atoms with Gasteiger partial charge in [-0.1, -0.05) is 26.2 Å². The van der Waals surface area contributed by atoms with Crippen LogP contribution >= 0.6 is 11.6 Å². The van der Waals surface area contributed by atoms with Crippen LogP contribution in [0.15, 0.2) is 0 Å². The first-order valence-electron chi connectivity index (χ1n) is 6.60. The lowest BCUT2D eigenvalue weighted by Crippen LogP contribution is -2.32. The molecule has 1 rings (SSSR count). The third-order valence-electron chi connectivity index (χ3n) is 3.57. The Labute approximate surface area is 104 Å². The summed E-state index contributed by atoms with van der Waals surface area (Å²) in [6.45, 7) is 7.86. The van der Waals surface area contributed by atoms with Crippen LogP contribution in [0.3, 0.4) is 0 Å². The Bertz CT molecular complexity index is 228. The summed E-state index contributed by atoms with van der Waals surface area (Å²) in [6, 6.07) is 0. The maximum absolute atomic E-state index is 12.1. The number of halogens is 1. The van der Waals surface area contributed by atoms with Crippen LogP contribution in [-0.2, 0) is 4.79 Å². The molecule has 1 saturated carbocycles. The van der Waals surface area contributed by atoms with Gasteiger partial charge in [-0.25, -0.2) is 0 Å². The van der Waals surface area contributed by atoms with E-state index in [-0.39, 0.29) is 17.2 Å². The summed E-state index contributed by atoms with van der Waals surface area (Å²) < 4.78 is 0. The van der Waals surface area contributed by atoms with Gasteiger partial charge in [-0.3, -0.25) is 4.79 Å². The van der Waals surface area contributed by atoms with Crippen LogP contribution in [-0.4, -0.2) is 29.3 Å². The number of rotatable bonds is 7. The second kappa shape index (κ2) is 6.48. The number of carbonyl (C=O) groups is 1. The number of nitrogens with zero attached hydrogens (tertiary/aromatic N) is 1. The van der Waals surface area contributed by atoms with Crippen molar-refractivity contribution >= 4 is 17.5 Å². The van der Waals surface area contributed by atoms with Gasteiger partial charge in [0.2, 0.25) is 5.91 Å². The Morgan fingerprint density at radius 2 is 1.81 bits per heavy atom. The normalized spacial score (nSPS) is 27.9. The van der Waals surface area contributed by atoms with E-state index < -0.39 is 0 Å². The molecule has 0 bridgehead atoms. The van der Waals surface area contributed by atoms with Gasteiger partial charge in [-0.15, -0.1) is 11.6 Å². The minimum Gasteiger partial charge on any atom is -0.343 e. The lowest BCUT2D eigenvalue weighted by atomic mass is 10.1. The molecule has 1 fully saturated rings. The van der Waals surface area contributed by atoms with Gasteiger partial charge in [0.05, 0.1) is 5.92 Å². The summed E-state index contributed by atoms with van der Waals surface area (Å²) in [5, 5.41) is 0.102. The van der Waals surface area contributed by atoms with E-state index in [0.29, 0.717) is 5.92 Å². The zero-order chi connectivity index (χ0) is 12.1. The fraction of sp³-hybridized carbons (Fsp3) is 0.923. The Morgan fingerprint density at radius 1 is 1.19 bits per heavy atom. The predicted octanol–water partition coefficient (Wildman–Crippen LogP) is 3.29. The van der Waals surface area contributed by atoms with E-state index in [1.807, 2.05) is 18.7 Å². The maximum atomic E-state index is 12.1. The Kier molecular flexibility index (Phi) is 5.60. The monoisotopic (exact) mass is 245 g/mol. The molecule has 1 aliphatic carbocycles. The van der Waals surface area contributed by atoms with Gasteiger partial charge in [0, 0.05) is 18.5 Å². The summed E-state index contributed by atoms with van der Waals surface area (Å²) in [4.78, 5) is 14.0. The van der Waals surface area contributed by atoms with E-state index in [1.165, 1.54) is 19.3 Å². The van der Waals surface area contributed by atoms with Crippen molar-refractivity contribution in [2.24, 2.45) is 11.8 Å². The molecule has 1 amide bonds. The van der Waals surface area contributed by atoms with E-state index in [1.54, 1.807) is 0 Å². The van der Waals surface area contributed by atoms with Gasteiger partial charge in [0.15, 0.2) is 0 Å². The first-order chi connectivity index (χ1) is 7.67. The molecule has 0 radical (unpaired) electrons. The van der Waals surface area contributed by atoms with Crippen LogP contribution in [0.25, 0.3) is 0 Å². The van der Waals surface area contributed by atoms with Crippen LogP contribution < -0.4 is 0 Å². The van der Waals surface area contributed by atoms with Crippen molar-refractivity contribution in [3.8, 4) is 0 Å². The highest BCUT2D eigenvalue weighted by molar-refractivity contribution is 6.25. The van der Waals surface area contributed by atoms with E-state index in [9.17, 15) is 4.79 Å². The zero-order valence-corrected chi connectivity index (χ0v) is 11.5. The highest BCUT2D eigenvalue weighted by Crippen LogP contribution is 2.48. The highest BCUT2D eigenvalue weighted by Gasteiger charge is 2.53. The number of carbonyl (C=O) groups excluding carboxylic acids is 1. The van der Waals surface area contributed by atoms with Gasteiger partial charge >= 0.3 is 0 Å². The van der Waals surface area contributed by atoms with Gasteiger partial charge in [-0.2, -0.15) is 0 Å². The molecule has 1 aliphatic rings. The summed E-state index contributed by atoms with van der Waals surface area (Å²) in [6.07, 6.45) is 4.83. The molecular weight excluding hydrogens is 222 g/mol. The van der Waals surface area contributed by atoms with Crippen LogP contribution in [0.2, 0.25) is 0 Å². The molecule has 3 heteroatoms. The SMILES string of the molecule is CCCCC[C@H]1[C@H](Cl)[C@@H]1C(=O)N(CC)CC. The first-order valence-corrected chi connectivity index (χ1v) is 7.03. The van der Waals surface area contributed by atoms with Crippen molar-refractivity contribution in [1.82, 2.24) is 4.90 Å². The molecule has 0 heterocycles. The Hall–Kier alpha value is -0.240. The Morgan fingerprint density at radius 3 is 2.31 bits per heavy atom. The van der Waals surface area contributed by atoms with E-state index in [2.05, 4.69) is 6.92 Å². The summed E-state index contributed by atoms with van der Waals surface area (Å²) in [5.41, 5.74) is 0. The van der Waals surface area contributed by atoms with Gasteiger partial charge in [-0.05, 0) is 26.2 Å². The smallest absolute Gasteiger partial charge is 0.227 e. The number of alkyl halides is 1. The van der Waals surface area contributed by atoms with Crippen molar-refractivity contribution in [3.63, 3.8) is 0 Å². The second-order valence-electron chi connectivity index (χ2n) is 4.64. The van der Waals surface area contributed by atoms with E-state index >= 15 is 0 Å². The van der Waals surface area contributed by atoms with Crippen LogP contribution in [0.4, 0.5) is 0 Å². The molecule has 0 saturated heterocycles. The van der Waals surface area contributed by atoms with Crippen molar-refractivity contribution in [1.29, 1.82) is 0 Å². The van der Waals surface area contributed by atoms with E-state index in [4.69, 9.17) is 11.6 Å². The molecule has 0 aromatic rings. The van der Waals surface area contributed by atoms with Gasteiger partial charge in [0.1, 0.15) is 0 Å². The minimum atomic E-state index is 0.102. The Balaban J connectivity index is 2.36. The van der Waals surface area contributed by atoms with Crippen LogP contribution in [0.5, 0.6) is 0 Å². The molecule has 0 aromatic carbocycles. The molecule has 2 nitrogen and oxygen atoms in total. The van der Waals surface area contributed by atoms with Crippen molar-refractivity contribution < 1.29 is 4.79 Å². The molecule has 0 unspecified atom stereocenters. The third-order valence-corrected chi connectivity index (χ3v) is 4.17. The third kappa shape index (κ3) is 3.13. The number of amides is 1. The topological polar surface area (TPSA) is 20.3 Å². The van der Waals surface area contributed by atoms with Crippen LogP contribution in [0, 0.1) is 11.8 Å². The number of unbranched alkanes of at least 4 members (excludes halogenated alkanes) is 2. The van der Waals surface area contributed by atoms with Gasteiger partial charge in [0.25, 0.3) is 0 Å². The molecule has 0 aromatic heterocycles. The second-order valence-corrected chi connectivity index (χ2v) is 5.14. The molecule has 94 valence electrons. The maximum Gasteiger partial charge on any atom is 0.227 e. The van der Waals surface area contributed by atoms with Crippen LogP contribution in [0.1, 0.15) is 46.5 Å². The number of hydrogen-bond donors (Lipinski definition) is 0. The largest absolute Gasteiger partial charge is 0.343 e. The zero-order valence-electron chi connectivity index (χ0n) is 10.7.